The Morgan fingerprint density at radius 3 is 2.80 bits per heavy atom. The van der Waals surface area contributed by atoms with E-state index in [0.717, 1.165) is 40.2 Å². The van der Waals surface area contributed by atoms with Gasteiger partial charge in [-0.25, -0.2) is 4.98 Å². The molecule has 3 N–H and O–H groups in total. The Labute approximate surface area is 124 Å². The van der Waals surface area contributed by atoms with E-state index < -0.39 is 0 Å². The highest BCUT2D eigenvalue weighted by Crippen LogP contribution is 2.42. The lowest BCUT2D eigenvalue weighted by Crippen LogP contribution is -2.24. The molecule has 0 unspecified atom stereocenters. The van der Waals surface area contributed by atoms with Gasteiger partial charge in [0.05, 0.1) is 22.4 Å². The Balaban J connectivity index is 1.67. The molecule has 0 spiro atoms. The SMILES string of the molecule is Cc1nc(CNC(=O)c2n[nH]c(C3CC3)c2Br)[nH]c1C. The number of amides is 1. The Morgan fingerprint density at radius 1 is 1.45 bits per heavy atom. The Kier molecular flexibility index (Phi) is 3.37. The van der Waals surface area contributed by atoms with E-state index >= 15 is 0 Å². The van der Waals surface area contributed by atoms with Crippen molar-refractivity contribution in [3.8, 4) is 0 Å². The van der Waals surface area contributed by atoms with Crippen molar-refractivity contribution >= 4 is 21.8 Å². The molecule has 106 valence electrons. The van der Waals surface area contributed by atoms with Crippen LogP contribution in [0.3, 0.4) is 0 Å². The number of hydrogen-bond acceptors (Lipinski definition) is 3. The summed E-state index contributed by atoms with van der Waals surface area (Å²) in [7, 11) is 0. The first-order valence-corrected chi connectivity index (χ1v) is 7.39. The van der Waals surface area contributed by atoms with Crippen molar-refractivity contribution in [3.05, 3.63) is 33.1 Å². The van der Waals surface area contributed by atoms with E-state index in [1.165, 1.54) is 0 Å². The van der Waals surface area contributed by atoms with Crippen molar-refractivity contribution in [2.24, 2.45) is 0 Å². The van der Waals surface area contributed by atoms with Gasteiger partial charge in [-0.05, 0) is 42.6 Å². The van der Waals surface area contributed by atoms with E-state index in [2.05, 4.69) is 41.4 Å². The zero-order valence-electron chi connectivity index (χ0n) is 11.4. The number of nitrogens with one attached hydrogen (secondary N) is 3. The summed E-state index contributed by atoms with van der Waals surface area (Å²) in [5.41, 5.74) is 3.41. The van der Waals surface area contributed by atoms with Crippen molar-refractivity contribution in [2.45, 2.75) is 39.2 Å². The fourth-order valence-corrected chi connectivity index (χ4v) is 2.77. The molecule has 0 radical (unpaired) electrons. The third-order valence-corrected chi connectivity index (χ3v) is 4.33. The fourth-order valence-electron chi connectivity index (χ4n) is 2.09. The summed E-state index contributed by atoms with van der Waals surface area (Å²) in [6.45, 7) is 4.26. The minimum Gasteiger partial charge on any atom is -0.344 e. The van der Waals surface area contributed by atoms with E-state index in [0.29, 0.717) is 18.2 Å². The predicted molar refractivity (Wildman–Crippen MR) is 77.5 cm³/mol. The molecule has 7 heteroatoms. The number of aromatic nitrogens is 4. The number of carbonyl (C=O) groups excluding carboxylic acids is 1. The van der Waals surface area contributed by atoms with Gasteiger partial charge in [0, 0.05) is 11.6 Å². The van der Waals surface area contributed by atoms with Crippen LogP contribution in [0.25, 0.3) is 0 Å². The second-order valence-corrected chi connectivity index (χ2v) is 5.94. The first-order valence-electron chi connectivity index (χ1n) is 6.60. The predicted octanol–water partition coefficient (Wildman–Crippen LogP) is 2.32. The summed E-state index contributed by atoms with van der Waals surface area (Å²) < 4.78 is 0.782. The van der Waals surface area contributed by atoms with Crippen LogP contribution in [0, 0.1) is 13.8 Å². The maximum Gasteiger partial charge on any atom is 0.273 e. The standard InChI is InChI=1S/C13H16BrN5O/c1-6-7(2)17-9(16-6)5-15-13(20)12-10(14)11(18-19-12)8-3-4-8/h8H,3-5H2,1-2H3,(H,15,20)(H,16,17)(H,18,19). The van der Waals surface area contributed by atoms with Crippen LogP contribution in [-0.4, -0.2) is 26.1 Å². The van der Waals surface area contributed by atoms with Crippen molar-refractivity contribution < 1.29 is 4.79 Å². The summed E-state index contributed by atoms with van der Waals surface area (Å²) in [4.78, 5) is 19.6. The molecule has 6 nitrogen and oxygen atoms in total. The molecule has 0 bridgehead atoms. The minimum absolute atomic E-state index is 0.202. The third-order valence-electron chi connectivity index (χ3n) is 3.53. The number of rotatable bonds is 4. The average molecular weight is 338 g/mol. The minimum atomic E-state index is -0.202. The maximum absolute atomic E-state index is 12.1. The molecule has 2 aromatic rings. The third kappa shape index (κ3) is 2.49. The molecule has 0 saturated heterocycles. The second-order valence-electron chi connectivity index (χ2n) is 5.15. The molecule has 1 fully saturated rings. The monoisotopic (exact) mass is 337 g/mol. The summed E-state index contributed by atoms with van der Waals surface area (Å²) in [5.74, 6) is 1.07. The molecule has 1 saturated carbocycles. The number of carbonyl (C=O) groups is 1. The van der Waals surface area contributed by atoms with Crippen LogP contribution >= 0.6 is 15.9 Å². The topological polar surface area (TPSA) is 86.5 Å². The highest BCUT2D eigenvalue weighted by atomic mass is 79.9. The van der Waals surface area contributed by atoms with E-state index in [4.69, 9.17) is 0 Å². The first-order chi connectivity index (χ1) is 9.56. The van der Waals surface area contributed by atoms with Gasteiger partial charge in [-0.15, -0.1) is 0 Å². The molecule has 2 heterocycles. The van der Waals surface area contributed by atoms with Crippen molar-refractivity contribution in [1.82, 2.24) is 25.5 Å². The van der Waals surface area contributed by atoms with Gasteiger partial charge in [0.15, 0.2) is 5.69 Å². The zero-order valence-corrected chi connectivity index (χ0v) is 13.0. The normalized spacial score (nSPS) is 14.6. The molecule has 0 atom stereocenters. The number of imidazole rings is 1. The van der Waals surface area contributed by atoms with Gasteiger partial charge in [-0.1, -0.05) is 0 Å². The first kappa shape index (κ1) is 13.4. The van der Waals surface area contributed by atoms with Gasteiger partial charge in [-0.3, -0.25) is 9.89 Å². The Bertz CT molecular complexity index is 636. The molecule has 3 rings (SSSR count). The maximum atomic E-state index is 12.1. The zero-order chi connectivity index (χ0) is 14.3. The van der Waals surface area contributed by atoms with Crippen LogP contribution in [0.5, 0.6) is 0 Å². The number of halogens is 1. The van der Waals surface area contributed by atoms with E-state index in [1.54, 1.807) is 0 Å². The van der Waals surface area contributed by atoms with Gasteiger partial charge < -0.3 is 10.3 Å². The molecule has 1 aliphatic carbocycles. The number of hydrogen-bond donors (Lipinski definition) is 3. The fraction of sp³-hybridized carbons (Fsp3) is 0.462. The highest BCUT2D eigenvalue weighted by Gasteiger charge is 2.30. The number of aryl methyl sites for hydroxylation is 2. The molecule has 1 amide bonds. The van der Waals surface area contributed by atoms with Gasteiger partial charge in [-0.2, -0.15) is 5.10 Å². The molecule has 0 aliphatic heterocycles. The van der Waals surface area contributed by atoms with Crippen molar-refractivity contribution in [2.75, 3.05) is 0 Å². The van der Waals surface area contributed by atoms with Gasteiger partial charge >= 0.3 is 0 Å². The highest BCUT2D eigenvalue weighted by molar-refractivity contribution is 9.10. The molecular weight excluding hydrogens is 322 g/mol. The molecule has 0 aromatic carbocycles. The molecule has 1 aliphatic rings. The van der Waals surface area contributed by atoms with Gasteiger partial charge in [0.2, 0.25) is 0 Å². The lowest BCUT2D eigenvalue weighted by atomic mass is 10.2. The van der Waals surface area contributed by atoms with Crippen molar-refractivity contribution in [3.63, 3.8) is 0 Å². The number of aromatic amines is 2. The largest absolute Gasteiger partial charge is 0.344 e. The van der Waals surface area contributed by atoms with E-state index in [9.17, 15) is 4.79 Å². The lowest BCUT2D eigenvalue weighted by Gasteiger charge is -2.01. The van der Waals surface area contributed by atoms with Crippen LogP contribution in [0.1, 0.15) is 52.2 Å². The molecule has 20 heavy (non-hydrogen) atoms. The summed E-state index contributed by atoms with van der Waals surface area (Å²) in [6, 6.07) is 0. The molecular formula is C13H16BrN5O. The second kappa shape index (κ2) is 5.05. The molecule has 2 aromatic heterocycles. The van der Waals surface area contributed by atoms with E-state index in [1.807, 2.05) is 13.8 Å². The van der Waals surface area contributed by atoms with Crippen molar-refractivity contribution in [1.29, 1.82) is 0 Å². The Morgan fingerprint density at radius 2 is 2.20 bits per heavy atom. The van der Waals surface area contributed by atoms with Crippen LogP contribution in [0.4, 0.5) is 0 Å². The summed E-state index contributed by atoms with van der Waals surface area (Å²) in [5, 5.41) is 9.87. The number of nitrogens with zero attached hydrogens (tertiary/aromatic N) is 2. The van der Waals surface area contributed by atoms with Crippen LogP contribution < -0.4 is 5.32 Å². The summed E-state index contributed by atoms with van der Waals surface area (Å²) in [6.07, 6.45) is 2.32. The van der Waals surface area contributed by atoms with Crippen LogP contribution in [0.2, 0.25) is 0 Å². The smallest absolute Gasteiger partial charge is 0.273 e. The average Bonchev–Trinajstić information content (AvgIpc) is 3.11. The van der Waals surface area contributed by atoms with E-state index in [-0.39, 0.29) is 5.91 Å². The Hall–Kier alpha value is -1.63. The van der Waals surface area contributed by atoms with Gasteiger partial charge in [0.1, 0.15) is 5.82 Å². The number of H-pyrrole nitrogens is 2. The van der Waals surface area contributed by atoms with Gasteiger partial charge in [0.25, 0.3) is 5.91 Å². The quantitative estimate of drug-likeness (QED) is 0.800. The lowest BCUT2D eigenvalue weighted by molar-refractivity contribution is 0.0944. The summed E-state index contributed by atoms with van der Waals surface area (Å²) >= 11 is 3.46. The van der Waals surface area contributed by atoms with Crippen LogP contribution in [-0.2, 0) is 6.54 Å². The van der Waals surface area contributed by atoms with Crippen LogP contribution in [0.15, 0.2) is 4.47 Å².